The number of hydrogen-bond donors (Lipinski definition) is 0. The van der Waals surface area contributed by atoms with Gasteiger partial charge in [0, 0.05) is 23.5 Å². The SMILES string of the molecule is O=C(c1csc(-c2cccs2)n1)N(Cc1ccccc1F)C1CC1. The van der Waals surface area contributed by atoms with Crippen molar-refractivity contribution in [2.24, 2.45) is 0 Å². The first-order valence-electron chi connectivity index (χ1n) is 7.76. The zero-order valence-electron chi connectivity index (χ0n) is 12.8. The zero-order chi connectivity index (χ0) is 16.5. The van der Waals surface area contributed by atoms with E-state index in [-0.39, 0.29) is 17.8 Å². The van der Waals surface area contributed by atoms with Gasteiger partial charge in [-0.25, -0.2) is 9.37 Å². The molecule has 1 aromatic carbocycles. The van der Waals surface area contributed by atoms with Gasteiger partial charge in [0.25, 0.3) is 5.91 Å². The molecule has 0 bridgehead atoms. The molecular weight excluding hydrogens is 343 g/mol. The molecular formula is C18H15FN2OS2. The molecule has 0 atom stereocenters. The number of amides is 1. The Hall–Kier alpha value is -2.05. The molecule has 2 heterocycles. The van der Waals surface area contributed by atoms with E-state index in [4.69, 9.17) is 0 Å². The second-order valence-electron chi connectivity index (χ2n) is 5.77. The molecule has 0 unspecified atom stereocenters. The molecule has 1 saturated carbocycles. The van der Waals surface area contributed by atoms with E-state index >= 15 is 0 Å². The molecule has 1 fully saturated rings. The summed E-state index contributed by atoms with van der Waals surface area (Å²) in [6, 6.07) is 10.8. The van der Waals surface area contributed by atoms with Crippen molar-refractivity contribution < 1.29 is 9.18 Å². The number of halogens is 1. The van der Waals surface area contributed by atoms with Crippen molar-refractivity contribution in [1.29, 1.82) is 0 Å². The average Bonchev–Trinajstić information content (AvgIpc) is 3.09. The molecule has 1 aliphatic rings. The molecule has 0 aliphatic heterocycles. The lowest BCUT2D eigenvalue weighted by Gasteiger charge is -2.21. The summed E-state index contributed by atoms with van der Waals surface area (Å²) < 4.78 is 13.9. The Morgan fingerprint density at radius 3 is 2.75 bits per heavy atom. The predicted molar refractivity (Wildman–Crippen MR) is 94.7 cm³/mol. The van der Waals surface area contributed by atoms with Gasteiger partial charge < -0.3 is 4.90 Å². The molecule has 1 aliphatic carbocycles. The van der Waals surface area contributed by atoms with Gasteiger partial charge in [-0.3, -0.25) is 4.79 Å². The lowest BCUT2D eigenvalue weighted by atomic mass is 10.2. The summed E-state index contributed by atoms with van der Waals surface area (Å²) >= 11 is 3.08. The van der Waals surface area contributed by atoms with Crippen molar-refractivity contribution in [1.82, 2.24) is 9.88 Å². The number of thiazole rings is 1. The number of benzene rings is 1. The normalized spacial score (nSPS) is 13.9. The zero-order valence-corrected chi connectivity index (χ0v) is 14.4. The van der Waals surface area contributed by atoms with Crippen molar-refractivity contribution in [3.05, 3.63) is 64.2 Å². The molecule has 0 N–H and O–H groups in total. The van der Waals surface area contributed by atoms with E-state index < -0.39 is 0 Å². The fourth-order valence-corrected chi connectivity index (χ4v) is 4.20. The second kappa shape index (κ2) is 6.45. The smallest absolute Gasteiger partial charge is 0.273 e. The summed E-state index contributed by atoms with van der Waals surface area (Å²) in [5, 5.41) is 4.65. The third kappa shape index (κ3) is 3.12. The van der Waals surface area contributed by atoms with E-state index in [9.17, 15) is 9.18 Å². The van der Waals surface area contributed by atoms with Gasteiger partial charge >= 0.3 is 0 Å². The van der Waals surface area contributed by atoms with E-state index in [0.717, 1.165) is 22.7 Å². The van der Waals surface area contributed by atoms with Crippen molar-refractivity contribution in [2.75, 3.05) is 0 Å². The molecule has 3 nitrogen and oxygen atoms in total. The first-order chi connectivity index (χ1) is 11.7. The monoisotopic (exact) mass is 358 g/mol. The molecule has 2 aromatic heterocycles. The molecule has 0 radical (unpaired) electrons. The topological polar surface area (TPSA) is 33.2 Å². The average molecular weight is 358 g/mol. The summed E-state index contributed by atoms with van der Waals surface area (Å²) in [7, 11) is 0. The fourth-order valence-electron chi connectivity index (χ4n) is 2.60. The van der Waals surface area contributed by atoms with Crippen LogP contribution in [0.4, 0.5) is 4.39 Å². The Labute approximate surface area is 147 Å². The van der Waals surface area contributed by atoms with Crippen LogP contribution in [0.1, 0.15) is 28.9 Å². The standard InChI is InChI=1S/C18H15FN2OS2/c19-14-5-2-1-4-12(14)10-21(13-7-8-13)18(22)15-11-24-17(20-15)16-6-3-9-23-16/h1-6,9,11,13H,7-8,10H2. The van der Waals surface area contributed by atoms with E-state index in [0.29, 0.717) is 17.8 Å². The lowest BCUT2D eigenvalue weighted by molar-refractivity contribution is 0.0723. The summed E-state index contributed by atoms with van der Waals surface area (Å²) in [6.45, 7) is 0.294. The van der Waals surface area contributed by atoms with Crippen molar-refractivity contribution in [3.8, 4) is 9.88 Å². The van der Waals surface area contributed by atoms with Gasteiger partial charge in [-0.15, -0.1) is 22.7 Å². The lowest BCUT2D eigenvalue weighted by Crippen LogP contribution is -2.33. The Bertz CT molecular complexity index is 856. The van der Waals surface area contributed by atoms with E-state index in [1.54, 1.807) is 39.8 Å². The van der Waals surface area contributed by atoms with Gasteiger partial charge in [0.15, 0.2) is 0 Å². The molecule has 1 amide bonds. The molecule has 0 spiro atoms. The van der Waals surface area contributed by atoms with Gasteiger partial charge in [0.1, 0.15) is 16.5 Å². The number of aromatic nitrogens is 1. The van der Waals surface area contributed by atoms with Crippen LogP contribution in [0.3, 0.4) is 0 Å². The van der Waals surface area contributed by atoms with Gasteiger partial charge in [0.05, 0.1) is 4.88 Å². The summed E-state index contributed by atoms with van der Waals surface area (Å²) in [6.07, 6.45) is 1.95. The van der Waals surface area contributed by atoms with Crippen LogP contribution in [0.2, 0.25) is 0 Å². The largest absolute Gasteiger partial charge is 0.330 e. The third-order valence-electron chi connectivity index (χ3n) is 4.00. The van der Waals surface area contributed by atoms with Crippen LogP contribution in [0, 0.1) is 5.82 Å². The highest BCUT2D eigenvalue weighted by Gasteiger charge is 2.34. The van der Waals surface area contributed by atoms with E-state index in [2.05, 4.69) is 4.98 Å². The van der Waals surface area contributed by atoms with Gasteiger partial charge in [0.2, 0.25) is 0 Å². The minimum atomic E-state index is -0.270. The number of nitrogens with zero attached hydrogens (tertiary/aromatic N) is 2. The summed E-state index contributed by atoms with van der Waals surface area (Å²) in [5.74, 6) is -0.381. The van der Waals surface area contributed by atoms with Crippen LogP contribution in [0.25, 0.3) is 9.88 Å². The van der Waals surface area contributed by atoms with Gasteiger partial charge in [-0.2, -0.15) is 0 Å². The Balaban J connectivity index is 1.58. The van der Waals surface area contributed by atoms with E-state index in [1.165, 1.54) is 17.4 Å². The first kappa shape index (κ1) is 15.5. The maximum atomic E-state index is 13.9. The maximum Gasteiger partial charge on any atom is 0.273 e. The number of carbonyl (C=O) groups is 1. The highest BCUT2D eigenvalue weighted by atomic mass is 32.1. The van der Waals surface area contributed by atoms with Crippen LogP contribution in [0.5, 0.6) is 0 Å². The number of thiophene rings is 1. The van der Waals surface area contributed by atoms with Crippen molar-refractivity contribution in [2.45, 2.75) is 25.4 Å². The number of carbonyl (C=O) groups excluding carboxylic acids is 1. The van der Waals surface area contributed by atoms with E-state index in [1.807, 2.05) is 17.5 Å². The molecule has 6 heteroatoms. The minimum Gasteiger partial charge on any atom is -0.330 e. The number of rotatable bonds is 5. The van der Waals surface area contributed by atoms with Crippen molar-refractivity contribution in [3.63, 3.8) is 0 Å². The highest BCUT2D eigenvalue weighted by molar-refractivity contribution is 7.20. The van der Waals surface area contributed by atoms with Gasteiger partial charge in [-0.1, -0.05) is 24.3 Å². The van der Waals surface area contributed by atoms with Gasteiger partial charge in [-0.05, 0) is 30.4 Å². The predicted octanol–water partition coefficient (Wildman–Crippen LogP) is 4.82. The molecule has 24 heavy (non-hydrogen) atoms. The summed E-state index contributed by atoms with van der Waals surface area (Å²) in [5.41, 5.74) is 0.998. The fraction of sp³-hybridized carbons (Fsp3) is 0.222. The molecule has 4 rings (SSSR count). The Morgan fingerprint density at radius 2 is 2.04 bits per heavy atom. The first-order valence-corrected chi connectivity index (χ1v) is 9.52. The second-order valence-corrected chi connectivity index (χ2v) is 7.58. The van der Waals surface area contributed by atoms with Crippen LogP contribution in [-0.2, 0) is 6.54 Å². The van der Waals surface area contributed by atoms with Crippen molar-refractivity contribution >= 4 is 28.6 Å². The Kier molecular flexibility index (Phi) is 4.16. The maximum absolute atomic E-state index is 13.9. The molecule has 122 valence electrons. The quantitative estimate of drug-likeness (QED) is 0.655. The number of hydrogen-bond acceptors (Lipinski definition) is 4. The minimum absolute atomic E-state index is 0.111. The molecule has 0 saturated heterocycles. The summed E-state index contributed by atoms with van der Waals surface area (Å²) in [4.78, 5) is 20.2. The van der Waals surface area contributed by atoms with Crippen LogP contribution in [0.15, 0.2) is 47.2 Å². The third-order valence-corrected chi connectivity index (χ3v) is 5.88. The Morgan fingerprint density at radius 1 is 1.21 bits per heavy atom. The molecule has 3 aromatic rings. The highest BCUT2D eigenvalue weighted by Crippen LogP contribution is 2.32. The van der Waals surface area contributed by atoms with Crippen LogP contribution >= 0.6 is 22.7 Å². The van der Waals surface area contributed by atoms with Crippen LogP contribution in [-0.4, -0.2) is 21.8 Å². The van der Waals surface area contributed by atoms with Crippen LogP contribution < -0.4 is 0 Å².